The number of carboxylic acids is 1. The normalized spacial score (nSPS) is 11.7. The van der Waals surface area contributed by atoms with Crippen LogP contribution in [-0.2, 0) is 9.59 Å². The molecule has 2 N–H and O–H groups in total. The van der Waals surface area contributed by atoms with Gasteiger partial charge in [0.1, 0.15) is 6.04 Å². The molecule has 0 fully saturated rings. The van der Waals surface area contributed by atoms with Gasteiger partial charge in [-0.3, -0.25) is 4.79 Å². The van der Waals surface area contributed by atoms with Crippen LogP contribution in [0.2, 0.25) is 0 Å². The van der Waals surface area contributed by atoms with E-state index >= 15 is 0 Å². The molecule has 0 bridgehead atoms. The lowest BCUT2D eigenvalue weighted by Gasteiger charge is -2.24. The number of hydrogen-bond acceptors (Lipinski definition) is 3. The highest BCUT2D eigenvalue weighted by atomic mass is 16.4. The zero-order chi connectivity index (χ0) is 16.8. The molecule has 23 heavy (non-hydrogen) atoms. The standard InChI is InChI=1S/C18H19NO4/c1-13-2-4-14(5-3-13)15-6-8-16(9-7-15)19(12-21)17(10-11-20)18(22)23/h2-9,12,17,20H,10-11H2,1H3,(H,22,23)/t17-/m0/s1. The van der Waals surface area contributed by atoms with Crippen molar-refractivity contribution in [3.63, 3.8) is 0 Å². The minimum absolute atomic E-state index is 0.0201. The van der Waals surface area contributed by atoms with Crippen LogP contribution in [0.4, 0.5) is 5.69 Å². The molecule has 0 unspecified atom stereocenters. The Morgan fingerprint density at radius 1 is 1.09 bits per heavy atom. The largest absolute Gasteiger partial charge is 0.480 e. The van der Waals surface area contributed by atoms with Gasteiger partial charge in [-0.25, -0.2) is 4.79 Å². The molecule has 0 aliphatic rings. The number of anilines is 1. The van der Waals surface area contributed by atoms with Crippen LogP contribution in [0.5, 0.6) is 0 Å². The van der Waals surface area contributed by atoms with Crippen molar-refractivity contribution in [1.82, 2.24) is 0 Å². The number of carboxylic acid groups (broad SMARTS) is 1. The van der Waals surface area contributed by atoms with Gasteiger partial charge in [0, 0.05) is 18.7 Å². The Morgan fingerprint density at radius 2 is 1.61 bits per heavy atom. The summed E-state index contributed by atoms with van der Waals surface area (Å²) in [5, 5.41) is 18.2. The minimum atomic E-state index is -1.14. The second-order valence-electron chi connectivity index (χ2n) is 5.29. The van der Waals surface area contributed by atoms with Crippen molar-refractivity contribution >= 4 is 18.1 Å². The Balaban J connectivity index is 2.27. The van der Waals surface area contributed by atoms with E-state index in [0.29, 0.717) is 12.1 Å². The second kappa shape index (κ2) is 7.56. The molecule has 0 heterocycles. The number of hydrogen-bond donors (Lipinski definition) is 2. The fourth-order valence-corrected chi connectivity index (χ4v) is 2.39. The van der Waals surface area contributed by atoms with Gasteiger partial charge in [-0.1, -0.05) is 42.0 Å². The maximum atomic E-state index is 11.3. The lowest BCUT2D eigenvalue weighted by Crippen LogP contribution is -2.41. The van der Waals surface area contributed by atoms with Crippen LogP contribution in [0.25, 0.3) is 11.1 Å². The highest BCUT2D eigenvalue weighted by Gasteiger charge is 2.25. The van der Waals surface area contributed by atoms with Gasteiger partial charge < -0.3 is 15.1 Å². The van der Waals surface area contributed by atoms with Gasteiger partial charge in [0.25, 0.3) is 0 Å². The number of carbonyl (C=O) groups is 2. The lowest BCUT2D eigenvalue weighted by atomic mass is 10.0. The molecule has 0 saturated carbocycles. The molecule has 0 aromatic heterocycles. The summed E-state index contributed by atoms with van der Waals surface area (Å²) in [5.41, 5.74) is 3.68. The minimum Gasteiger partial charge on any atom is -0.480 e. The molecule has 0 radical (unpaired) electrons. The number of rotatable bonds is 7. The number of benzene rings is 2. The van der Waals surface area contributed by atoms with Crippen molar-refractivity contribution in [3.05, 3.63) is 54.1 Å². The number of aliphatic hydroxyl groups is 1. The monoisotopic (exact) mass is 313 g/mol. The van der Waals surface area contributed by atoms with Crippen LogP contribution in [-0.4, -0.2) is 35.2 Å². The zero-order valence-electron chi connectivity index (χ0n) is 12.8. The number of aryl methyl sites for hydroxylation is 1. The first-order valence-corrected chi connectivity index (χ1v) is 7.31. The predicted molar refractivity (Wildman–Crippen MR) is 88.3 cm³/mol. The third kappa shape index (κ3) is 3.96. The average molecular weight is 313 g/mol. The Labute approximate surface area is 134 Å². The maximum absolute atomic E-state index is 11.3. The van der Waals surface area contributed by atoms with Gasteiger partial charge in [-0.05, 0) is 30.2 Å². The fraction of sp³-hybridized carbons (Fsp3) is 0.222. The molecule has 5 heteroatoms. The van der Waals surface area contributed by atoms with Crippen LogP contribution in [0.1, 0.15) is 12.0 Å². The zero-order valence-corrected chi connectivity index (χ0v) is 12.8. The highest BCUT2D eigenvalue weighted by Crippen LogP contribution is 2.24. The molecule has 2 aromatic carbocycles. The molecule has 0 saturated heterocycles. The third-order valence-corrected chi connectivity index (χ3v) is 3.69. The molecular formula is C18H19NO4. The van der Waals surface area contributed by atoms with Crippen LogP contribution in [0, 0.1) is 6.92 Å². The fourth-order valence-electron chi connectivity index (χ4n) is 2.39. The summed E-state index contributed by atoms with van der Waals surface area (Å²) < 4.78 is 0. The van der Waals surface area contributed by atoms with Crippen LogP contribution < -0.4 is 4.90 Å². The summed E-state index contributed by atoms with van der Waals surface area (Å²) in [6.45, 7) is 1.71. The second-order valence-corrected chi connectivity index (χ2v) is 5.29. The predicted octanol–water partition coefficient (Wildman–Crippen LogP) is 2.46. The maximum Gasteiger partial charge on any atom is 0.326 e. The van der Waals surface area contributed by atoms with Gasteiger partial charge in [0.05, 0.1) is 0 Å². The van der Waals surface area contributed by atoms with E-state index in [4.69, 9.17) is 5.11 Å². The molecule has 120 valence electrons. The number of aliphatic hydroxyl groups excluding tert-OH is 1. The summed E-state index contributed by atoms with van der Waals surface area (Å²) in [7, 11) is 0. The van der Waals surface area contributed by atoms with E-state index in [1.54, 1.807) is 12.1 Å². The molecule has 1 amide bonds. The summed E-state index contributed by atoms with van der Waals surface area (Å²) in [6, 6.07) is 14.1. The average Bonchev–Trinajstić information content (AvgIpc) is 2.56. The molecule has 5 nitrogen and oxygen atoms in total. The molecule has 0 aliphatic carbocycles. The number of carbonyl (C=O) groups excluding carboxylic acids is 1. The Morgan fingerprint density at radius 3 is 2.04 bits per heavy atom. The Bertz CT molecular complexity index is 664. The van der Waals surface area contributed by atoms with Crippen molar-refractivity contribution in [2.75, 3.05) is 11.5 Å². The van der Waals surface area contributed by atoms with Gasteiger partial charge in [-0.15, -0.1) is 0 Å². The molecule has 2 aromatic rings. The summed E-state index contributed by atoms with van der Waals surface area (Å²) in [6.07, 6.45) is 0.461. The first-order valence-electron chi connectivity index (χ1n) is 7.31. The highest BCUT2D eigenvalue weighted by molar-refractivity contribution is 5.88. The molecule has 0 aliphatic heterocycles. The summed E-state index contributed by atoms with van der Waals surface area (Å²) in [4.78, 5) is 23.7. The van der Waals surface area contributed by atoms with Crippen LogP contribution in [0.15, 0.2) is 48.5 Å². The topological polar surface area (TPSA) is 77.8 Å². The van der Waals surface area contributed by atoms with Crippen molar-refractivity contribution in [1.29, 1.82) is 0 Å². The van der Waals surface area contributed by atoms with E-state index in [9.17, 15) is 14.7 Å². The third-order valence-electron chi connectivity index (χ3n) is 3.69. The van der Waals surface area contributed by atoms with E-state index in [1.807, 2.05) is 43.3 Å². The summed E-state index contributed by atoms with van der Waals surface area (Å²) in [5.74, 6) is -1.14. The Hall–Kier alpha value is -2.66. The van der Waals surface area contributed by atoms with Gasteiger partial charge >= 0.3 is 5.97 Å². The van der Waals surface area contributed by atoms with Gasteiger partial charge in [0.15, 0.2) is 0 Å². The van der Waals surface area contributed by atoms with E-state index in [2.05, 4.69) is 0 Å². The smallest absolute Gasteiger partial charge is 0.326 e. The van der Waals surface area contributed by atoms with Crippen molar-refractivity contribution in [3.8, 4) is 11.1 Å². The molecule has 1 atom stereocenters. The number of amides is 1. The SMILES string of the molecule is Cc1ccc(-c2ccc(N(C=O)[C@@H](CCO)C(=O)O)cc2)cc1. The first-order chi connectivity index (χ1) is 11.1. The van der Waals surface area contributed by atoms with E-state index in [1.165, 1.54) is 5.56 Å². The van der Waals surface area contributed by atoms with Crippen molar-refractivity contribution < 1.29 is 19.8 Å². The quantitative estimate of drug-likeness (QED) is 0.770. The summed E-state index contributed by atoms with van der Waals surface area (Å²) >= 11 is 0. The Kier molecular flexibility index (Phi) is 5.49. The molecule has 0 spiro atoms. The molecule has 2 rings (SSSR count). The van der Waals surface area contributed by atoms with Gasteiger partial charge in [-0.2, -0.15) is 0 Å². The van der Waals surface area contributed by atoms with E-state index in [0.717, 1.165) is 16.0 Å². The van der Waals surface area contributed by atoms with Crippen LogP contribution in [0.3, 0.4) is 0 Å². The number of aliphatic carboxylic acids is 1. The first kappa shape index (κ1) is 16.7. The molecular weight excluding hydrogens is 294 g/mol. The van der Waals surface area contributed by atoms with E-state index < -0.39 is 12.0 Å². The van der Waals surface area contributed by atoms with E-state index in [-0.39, 0.29) is 13.0 Å². The van der Waals surface area contributed by atoms with Crippen molar-refractivity contribution in [2.24, 2.45) is 0 Å². The van der Waals surface area contributed by atoms with Crippen molar-refractivity contribution in [2.45, 2.75) is 19.4 Å². The lowest BCUT2D eigenvalue weighted by molar-refractivity contribution is -0.139. The van der Waals surface area contributed by atoms with Gasteiger partial charge in [0.2, 0.25) is 6.41 Å². The number of nitrogens with zero attached hydrogens (tertiary/aromatic N) is 1. The van der Waals surface area contributed by atoms with Crippen LogP contribution >= 0.6 is 0 Å².